The van der Waals surface area contributed by atoms with Crippen LogP contribution in [-0.4, -0.2) is 67.8 Å². The number of nitrogens with zero attached hydrogens (tertiary/aromatic N) is 2. The third kappa shape index (κ3) is 7.36. The van der Waals surface area contributed by atoms with Crippen LogP contribution in [0.25, 0.3) is 0 Å². The lowest BCUT2D eigenvalue weighted by Crippen LogP contribution is -2.56. The third-order valence-electron chi connectivity index (χ3n) is 5.58. The molecule has 1 atom stereocenters. The molecule has 2 amide bonds. The molecular formula is C26H32ClN3O5. The average molecular weight is 502 g/mol. The minimum absolute atomic E-state index is 0.188. The highest BCUT2D eigenvalue weighted by atomic mass is 35.5. The van der Waals surface area contributed by atoms with Crippen molar-refractivity contribution < 1.29 is 23.9 Å². The molecule has 0 unspecified atom stereocenters. The van der Waals surface area contributed by atoms with E-state index in [0.29, 0.717) is 43.2 Å². The molecule has 9 heteroatoms. The van der Waals surface area contributed by atoms with Crippen LogP contribution in [0.1, 0.15) is 36.7 Å². The molecule has 2 aromatic rings. The number of methoxy groups -OCH3 is 1. The zero-order valence-corrected chi connectivity index (χ0v) is 21.3. The number of hydrogen-bond acceptors (Lipinski definition) is 6. The highest BCUT2D eigenvalue weighted by Crippen LogP contribution is 2.23. The topological polar surface area (TPSA) is 88.2 Å². The number of para-hydroxylation sites is 1. The van der Waals surface area contributed by atoms with Crippen molar-refractivity contribution >= 4 is 35.3 Å². The molecule has 0 radical (unpaired) electrons. The molecule has 3 rings (SSSR count). The number of ether oxygens (including phenoxy) is 2. The van der Waals surface area contributed by atoms with Gasteiger partial charge in [0.25, 0.3) is 0 Å². The molecule has 1 fully saturated rings. The number of benzene rings is 2. The van der Waals surface area contributed by atoms with Crippen LogP contribution in [0.3, 0.4) is 0 Å². The molecule has 1 heterocycles. The average Bonchev–Trinajstić information content (AvgIpc) is 2.83. The van der Waals surface area contributed by atoms with E-state index in [4.69, 9.17) is 21.1 Å². The maximum atomic E-state index is 13.5. The van der Waals surface area contributed by atoms with Crippen LogP contribution < -0.4 is 10.2 Å². The molecule has 0 bridgehead atoms. The SMILES string of the molecule is COC(=O)c1ccccc1N1CCN(C(=O)[C@@H](Cc2ccc(Cl)cc2)NC(=O)OC(C)(C)C)CC1. The van der Waals surface area contributed by atoms with Crippen molar-refractivity contribution in [3.63, 3.8) is 0 Å². The number of carbonyl (C=O) groups is 3. The molecule has 1 aliphatic heterocycles. The number of rotatable bonds is 6. The van der Waals surface area contributed by atoms with E-state index in [-0.39, 0.29) is 5.91 Å². The van der Waals surface area contributed by atoms with Gasteiger partial charge in [0.2, 0.25) is 5.91 Å². The molecule has 188 valence electrons. The van der Waals surface area contributed by atoms with Crippen LogP contribution >= 0.6 is 11.6 Å². The van der Waals surface area contributed by atoms with Crippen LogP contribution in [-0.2, 0) is 20.7 Å². The van der Waals surface area contributed by atoms with Crippen LogP contribution in [0, 0.1) is 0 Å². The number of piperazine rings is 1. The molecule has 1 saturated heterocycles. The second kappa shape index (κ2) is 11.4. The predicted octanol–water partition coefficient (Wildman–Crippen LogP) is 3.91. The summed E-state index contributed by atoms with van der Waals surface area (Å²) in [7, 11) is 1.36. The highest BCUT2D eigenvalue weighted by Gasteiger charge is 2.31. The van der Waals surface area contributed by atoms with Crippen LogP contribution in [0.4, 0.5) is 10.5 Å². The summed E-state index contributed by atoms with van der Waals surface area (Å²) in [5, 5.41) is 3.35. The molecule has 0 aliphatic carbocycles. The first-order chi connectivity index (χ1) is 16.6. The summed E-state index contributed by atoms with van der Waals surface area (Å²) in [6.07, 6.45) is -0.337. The highest BCUT2D eigenvalue weighted by molar-refractivity contribution is 6.30. The Labute approximate surface area is 211 Å². The molecule has 2 aromatic carbocycles. The van der Waals surface area contributed by atoms with Gasteiger partial charge in [0.1, 0.15) is 11.6 Å². The zero-order chi connectivity index (χ0) is 25.6. The molecule has 8 nitrogen and oxygen atoms in total. The number of anilines is 1. The lowest BCUT2D eigenvalue weighted by molar-refractivity contribution is -0.133. The first kappa shape index (κ1) is 26.3. The number of carbonyl (C=O) groups excluding carboxylic acids is 3. The van der Waals surface area contributed by atoms with Crippen molar-refractivity contribution in [2.24, 2.45) is 0 Å². The number of amides is 2. The first-order valence-electron chi connectivity index (χ1n) is 11.5. The minimum atomic E-state index is -0.792. The number of esters is 1. The molecule has 35 heavy (non-hydrogen) atoms. The summed E-state index contributed by atoms with van der Waals surface area (Å²) >= 11 is 6.00. The Bertz CT molecular complexity index is 1040. The molecular weight excluding hydrogens is 470 g/mol. The summed E-state index contributed by atoms with van der Waals surface area (Å²) in [5.41, 5.74) is 1.45. The van der Waals surface area contributed by atoms with Crippen molar-refractivity contribution in [1.29, 1.82) is 0 Å². The van der Waals surface area contributed by atoms with Crippen molar-refractivity contribution in [2.75, 3.05) is 38.2 Å². The first-order valence-corrected chi connectivity index (χ1v) is 11.9. The Morgan fingerprint density at radius 3 is 2.23 bits per heavy atom. The largest absolute Gasteiger partial charge is 0.465 e. The van der Waals surface area contributed by atoms with Crippen molar-refractivity contribution in [3.8, 4) is 0 Å². The van der Waals surface area contributed by atoms with Gasteiger partial charge in [0.05, 0.1) is 18.4 Å². The van der Waals surface area contributed by atoms with E-state index in [2.05, 4.69) is 10.2 Å². The third-order valence-corrected chi connectivity index (χ3v) is 5.84. The molecule has 0 saturated carbocycles. The summed E-state index contributed by atoms with van der Waals surface area (Å²) in [5.74, 6) is -0.588. The van der Waals surface area contributed by atoms with Gasteiger partial charge >= 0.3 is 12.1 Å². The van der Waals surface area contributed by atoms with Crippen LogP contribution in [0.15, 0.2) is 48.5 Å². The van der Waals surface area contributed by atoms with Crippen LogP contribution in [0.5, 0.6) is 0 Å². The fourth-order valence-electron chi connectivity index (χ4n) is 3.93. The van der Waals surface area contributed by atoms with Gasteiger partial charge in [-0.1, -0.05) is 35.9 Å². The second-order valence-corrected chi connectivity index (χ2v) is 9.79. The summed E-state index contributed by atoms with van der Waals surface area (Å²) in [4.78, 5) is 41.9. The van der Waals surface area contributed by atoms with Gasteiger partial charge in [-0.05, 0) is 50.6 Å². The lowest BCUT2D eigenvalue weighted by atomic mass is 10.0. The fourth-order valence-corrected chi connectivity index (χ4v) is 4.05. The van der Waals surface area contributed by atoms with Crippen LogP contribution in [0.2, 0.25) is 5.02 Å². The number of nitrogens with one attached hydrogen (secondary N) is 1. The van der Waals surface area contributed by atoms with E-state index in [1.165, 1.54) is 7.11 Å². The Morgan fingerprint density at radius 1 is 1.00 bits per heavy atom. The molecule has 1 aliphatic rings. The molecule has 1 N–H and O–H groups in total. The van der Waals surface area contributed by atoms with E-state index in [1.807, 2.05) is 24.3 Å². The molecule has 0 spiro atoms. The van der Waals surface area contributed by atoms with E-state index in [9.17, 15) is 14.4 Å². The summed E-state index contributed by atoms with van der Waals surface area (Å²) < 4.78 is 10.3. The van der Waals surface area contributed by atoms with Gasteiger partial charge < -0.3 is 24.6 Å². The van der Waals surface area contributed by atoms with Gasteiger partial charge in [-0.3, -0.25) is 4.79 Å². The molecule has 0 aromatic heterocycles. The van der Waals surface area contributed by atoms with Crippen molar-refractivity contribution in [2.45, 2.75) is 38.8 Å². The van der Waals surface area contributed by atoms with E-state index in [1.54, 1.807) is 49.9 Å². The number of hydrogen-bond donors (Lipinski definition) is 1. The monoisotopic (exact) mass is 501 g/mol. The Morgan fingerprint density at radius 2 is 1.63 bits per heavy atom. The fraction of sp³-hybridized carbons (Fsp3) is 0.423. The van der Waals surface area contributed by atoms with Gasteiger partial charge in [-0.25, -0.2) is 9.59 Å². The maximum Gasteiger partial charge on any atom is 0.408 e. The van der Waals surface area contributed by atoms with Gasteiger partial charge in [0, 0.05) is 37.6 Å². The number of alkyl carbamates (subject to hydrolysis) is 1. The Hall–Kier alpha value is -3.26. The summed E-state index contributed by atoms with van der Waals surface area (Å²) in [6.45, 7) is 7.29. The van der Waals surface area contributed by atoms with Gasteiger partial charge in [-0.2, -0.15) is 0 Å². The lowest BCUT2D eigenvalue weighted by Gasteiger charge is -2.38. The van der Waals surface area contributed by atoms with E-state index < -0.39 is 23.7 Å². The Balaban J connectivity index is 1.71. The van der Waals surface area contributed by atoms with E-state index >= 15 is 0 Å². The Kier molecular flexibility index (Phi) is 8.62. The van der Waals surface area contributed by atoms with E-state index in [0.717, 1.165) is 11.3 Å². The standard InChI is InChI=1S/C26H32ClN3O5/c1-26(2,3)35-25(33)28-21(17-18-9-11-19(27)12-10-18)23(31)30-15-13-29(14-16-30)22-8-6-5-7-20(22)24(32)34-4/h5-12,21H,13-17H2,1-4H3,(H,28,33)/t21-/m1/s1. The summed E-state index contributed by atoms with van der Waals surface area (Å²) in [6, 6.07) is 13.6. The normalized spacial score (nSPS) is 14.8. The second-order valence-electron chi connectivity index (χ2n) is 9.35. The quantitative estimate of drug-likeness (QED) is 0.604. The van der Waals surface area contributed by atoms with Crippen molar-refractivity contribution in [3.05, 3.63) is 64.7 Å². The van der Waals surface area contributed by atoms with Gasteiger partial charge in [-0.15, -0.1) is 0 Å². The minimum Gasteiger partial charge on any atom is -0.465 e. The number of halogens is 1. The predicted molar refractivity (Wildman–Crippen MR) is 135 cm³/mol. The maximum absolute atomic E-state index is 13.5. The van der Waals surface area contributed by atoms with Crippen molar-refractivity contribution in [1.82, 2.24) is 10.2 Å². The van der Waals surface area contributed by atoms with Gasteiger partial charge in [0.15, 0.2) is 0 Å². The zero-order valence-electron chi connectivity index (χ0n) is 20.5. The smallest absolute Gasteiger partial charge is 0.408 e.